The first kappa shape index (κ1) is 15.9. The van der Waals surface area contributed by atoms with Crippen LogP contribution in [0.2, 0.25) is 0 Å². The van der Waals surface area contributed by atoms with Crippen molar-refractivity contribution in [1.82, 2.24) is 20.0 Å². The minimum Gasteiger partial charge on any atom is -0.375 e. The van der Waals surface area contributed by atoms with Crippen LogP contribution in [0.5, 0.6) is 0 Å². The van der Waals surface area contributed by atoms with Crippen LogP contribution in [-0.4, -0.2) is 52.6 Å². The molecule has 2 bridgehead atoms. The fourth-order valence-corrected chi connectivity index (χ4v) is 4.69. The van der Waals surface area contributed by atoms with E-state index in [0.29, 0.717) is 24.0 Å². The van der Waals surface area contributed by atoms with Crippen LogP contribution in [-0.2, 0) is 11.8 Å². The molecular weight excluding hydrogens is 304 g/mol. The molecule has 1 N–H and O–H groups in total. The summed E-state index contributed by atoms with van der Waals surface area (Å²) in [7, 11) is 1.99. The van der Waals surface area contributed by atoms with Crippen molar-refractivity contribution in [1.29, 1.82) is 0 Å². The molecule has 132 valence electrons. The van der Waals surface area contributed by atoms with Gasteiger partial charge in [-0.3, -0.25) is 4.68 Å². The predicted octanol–water partition coefficient (Wildman–Crippen LogP) is 2.27. The number of urea groups is 1. The van der Waals surface area contributed by atoms with Gasteiger partial charge in [-0.2, -0.15) is 5.10 Å². The number of nitrogens with zero attached hydrogens (tertiary/aromatic N) is 3. The van der Waals surface area contributed by atoms with Gasteiger partial charge in [0.1, 0.15) is 0 Å². The zero-order valence-electron chi connectivity index (χ0n) is 14.5. The number of carbonyl (C=O) groups excluding carboxylic acids is 1. The van der Waals surface area contributed by atoms with E-state index in [0.717, 1.165) is 38.9 Å². The molecule has 0 aliphatic carbocycles. The van der Waals surface area contributed by atoms with Crippen LogP contribution in [0.25, 0.3) is 0 Å². The molecule has 6 nitrogen and oxygen atoms in total. The van der Waals surface area contributed by atoms with E-state index in [-0.39, 0.29) is 6.03 Å². The van der Waals surface area contributed by atoms with Gasteiger partial charge in [0.05, 0.1) is 12.2 Å². The summed E-state index contributed by atoms with van der Waals surface area (Å²) in [5.74, 6) is 1.17. The van der Waals surface area contributed by atoms with Gasteiger partial charge in [-0.15, -0.1) is 0 Å². The van der Waals surface area contributed by atoms with Crippen LogP contribution in [0, 0.1) is 5.92 Å². The van der Waals surface area contributed by atoms with E-state index in [9.17, 15) is 4.79 Å². The molecule has 24 heavy (non-hydrogen) atoms. The predicted molar refractivity (Wildman–Crippen MR) is 90.8 cm³/mol. The number of amides is 2. The van der Waals surface area contributed by atoms with Crippen LogP contribution in [0.15, 0.2) is 12.3 Å². The maximum Gasteiger partial charge on any atom is 0.317 e. The van der Waals surface area contributed by atoms with Crippen molar-refractivity contribution < 1.29 is 9.53 Å². The van der Waals surface area contributed by atoms with Crippen LogP contribution in [0.4, 0.5) is 4.79 Å². The summed E-state index contributed by atoms with van der Waals surface area (Å²) in [5.41, 5.74) is 1.28. The summed E-state index contributed by atoms with van der Waals surface area (Å²) in [5, 5.41) is 7.37. The second kappa shape index (κ2) is 6.75. The van der Waals surface area contributed by atoms with Crippen molar-refractivity contribution in [2.24, 2.45) is 13.0 Å². The number of aryl methyl sites for hydroxylation is 1. The molecule has 0 aromatic carbocycles. The molecule has 0 radical (unpaired) electrons. The number of piperidine rings is 1. The minimum atomic E-state index is 0.0996. The fraction of sp³-hybridized carbons (Fsp3) is 0.778. The van der Waals surface area contributed by atoms with Gasteiger partial charge in [-0.1, -0.05) is 0 Å². The summed E-state index contributed by atoms with van der Waals surface area (Å²) < 4.78 is 7.84. The number of nitrogens with one attached hydrogen (secondary N) is 1. The highest BCUT2D eigenvalue weighted by molar-refractivity contribution is 5.74. The van der Waals surface area contributed by atoms with Gasteiger partial charge in [0, 0.05) is 44.5 Å². The maximum absolute atomic E-state index is 12.4. The molecule has 3 fully saturated rings. The molecule has 0 spiro atoms. The van der Waals surface area contributed by atoms with Crippen LogP contribution in [0.1, 0.15) is 50.1 Å². The van der Waals surface area contributed by atoms with E-state index < -0.39 is 0 Å². The van der Waals surface area contributed by atoms with Crippen molar-refractivity contribution >= 4 is 6.03 Å². The fourth-order valence-electron chi connectivity index (χ4n) is 4.69. The highest BCUT2D eigenvalue weighted by Crippen LogP contribution is 2.40. The molecule has 4 heterocycles. The average Bonchev–Trinajstić information content (AvgIpc) is 3.32. The van der Waals surface area contributed by atoms with Gasteiger partial charge < -0.3 is 15.0 Å². The summed E-state index contributed by atoms with van der Waals surface area (Å²) in [6, 6.07) is 2.19. The lowest BCUT2D eigenvalue weighted by Crippen LogP contribution is -2.44. The van der Waals surface area contributed by atoms with Gasteiger partial charge in [0.15, 0.2) is 0 Å². The lowest BCUT2D eigenvalue weighted by Gasteiger charge is -2.32. The molecule has 6 heteroatoms. The molecule has 0 saturated carbocycles. The summed E-state index contributed by atoms with van der Waals surface area (Å²) in [4.78, 5) is 14.3. The molecule has 1 aromatic rings. The highest BCUT2D eigenvalue weighted by Gasteiger charge is 2.40. The standard InChI is InChI=1S/C18H28N4O2/c1-21-16(5-9-20-21)13-6-10-22(11-7-13)18(23)19-8-4-14-12-15-2-3-17(14)24-15/h5,9,13-15,17H,2-4,6-8,10-12H2,1H3,(H,19,23). The third-order valence-electron chi connectivity index (χ3n) is 6.08. The van der Waals surface area contributed by atoms with E-state index in [1.165, 1.54) is 25.0 Å². The Morgan fingerprint density at radius 2 is 2.17 bits per heavy atom. The Balaban J connectivity index is 1.18. The second-order valence-corrected chi connectivity index (χ2v) is 7.53. The van der Waals surface area contributed by atoms with Crippen LogP contribution >= 0.6 is 0 Å². The first-order valence-corrected chi connectivity index (χ1v) is 9.37. The van der Waals surface area contributed by atoms with Gasteiger partial charge in [-0.25, -0.2) is 4.79 Å². The normalized spacial score (nSPS) is 30.0. The molecule has 3 saturated heterocycles. The average molecular weight is 332 g/mol. The molecule has 3 aliphatic rings. The van der Waals surface area contributed by atoms with Gasteiger partial charge in [-0.05, 0) is 50.5 Å². The molecule has 4 rings (SSSR count). The largest absolute Gasteiger partial charge is 0.375 e. The number of ether oxygens (including phenoxy) is 1. The number of carbonyl (C=O) groups is 1. The third kappa shape index (κ3) is 3.16. The lowest BCUT2D eigenvalue weighted by atomic mass is 9.87. The Morgan fingerprint density at radius 1 is 1.33 bits per heavy atom. The minimum absolute atomic E-state index is 0.0996. The molecule has 1 aromatic heterocycles. The number of rotatable bonds is 4. The SMILES string of the molecule is Cn1nccc1C1CCN(C(=O)NCCC2CC3CCC2O3)CC1. The maximum atomic E-state index is 12.4. The first-order chi connectivity index (χ1) is 11.7. The Hall–Kier alpha value is -1.56. The van der Waals surface area contributed by atoms with Crippen molar-refractivity contribution in [2.45, 2.75) is 56.7 Å². The van der Waals surface area contributed by atoms with Crippen LogP contribution < -0.4 is 5.32 Å². The topological polar surface area (TPSA) is 59.4 Å². The van der Waals surface area contributed by atoms with E-state index in [1.807, 2.05) is 22.8 Å². The smallest absolute Gasteiger partial charge is 0.317 e. The van der Waals surface area contributed by atoms with Gasteiger partial charge in [0.25, 0.3) is 0 Å². The van der Waals surface area contributed by atoms with Gasteiger partial charge in [0.2, 0.25) is 0 Å². The van der Waals surface area contributed by atoms with E-state index in [1.54, 1.807) is 0 Å². The number of hydrogen-bond acceptors (Lipinski definition) is 3. The lowest BCUT2D eigenvalue weighted by molar-refractivity contribution is 0.0912. The Kier molecular flexibility index (Phi) is 4.48. The Labute approximate surface area is 143 Å². The van der Waals surface area contributed by atoms with Crippen molar-refractivity contribution in [3.63, 3.8) is 0 Å². The number of hydrogen-bond donors (Lipinski definition) is 1. The zero-order valence-corrected chi connectivity index (χ0v) is 14.5. The molecule has 3 atom stereocenters. The van der Waals surface area contributed by atoms with E-state index >= 15 is 0 Å². The molecule has 3 unspecified atom stereocenters. The quantitative estimate of drug-likeness (QED) is 0.920. The highest BCUT2D eigenvalue weighted by atomic mass is 16.5. The second-order valence-electron chi connectivity index (χ2n) is 7.53. The Morgan fingerprint density at radius 3 is 2.79 bits per heavy atom. The van der Waals surface area contributed by atoms with E-state index in [2.05, 4.69) is 16.5 Å². The zero-order chi connectivity index (χ0) is 16.5. The summed E-state index contributed by atoms with van der Waals surface area (Å²) in [6.07, 6.45) is 9.55. The van der Waals surface area contributed by atoms with Gasteiger partial charge >= 0.3 is 6.03 Å². The molecule has 2 amide bonds. The molecular formula is C18H28N4O2. The van der Waals surface area contributed by atoms with Crippen molar-refractivity contribution in [3.8, 4) is 0 Å². The Bertz CT molecular complexity index is 579. The van der Waals surface area contributed by atoms with Crippen molar-refractivity contribution in [3.05, 3.63) is 18.0 Å². The number of likely N-dealkylation sites (tertiary alicyclic amines) is 1. The molecule has 3 aliphatic heterocycles. The van der Waals surface area contributed by atoms with Crippen LogP contribution in [0.3, 0.4) is 0 Å². The van der Waals surface area contributed by atoms with Crippen molar-refractivity contribution in [2.75, 3.05) is 19.6 Å². The monoisotopic (exact) mass is 332 g/mol. The summed E-state index contributed by atoms with van der Waals surface area (Å²) >= 11 is 0. The number of fused-ring (bicyclic) bond motifs is 2. The summed E-state index contributed by atoms with van der Waals surface area (Å²) in [6.45, 7) is 2.44. The number of aromatic nitrogens is 2. The first-order valence-electron chi connectivity index (χ1n) is 9.37. The van der Waals surface area contributed by atoms with E-state index in [4.69, 9.17) is 4.74 Å². The third-order valence-corrected chi connectivity index (χ3v) is 6.08.